The Bertz CT molecular complexity index is 401. The largest absolute Gasteiger partial charge is 0.360 e. The maximum absolute atomic E-state index is 4.45. The Labute approximate surface area is 122 Å². The van der Waals surface area contributed by atoms with Gasteiger partial charge in [-0.05, 0) is 13.0 Å². The van der Waals surface area contributed by atoms with Crippen molar-refractivity contribution in [2.45, 2.75) is 26.7 Å². The van der Waals surface area contributed by atoms with Crippen LogP contribution in [0.3, 0.4) is 0 Å². The summed E-state index contributed by atoms with van der Waals surface area (Å²) in [4.78, 5) is 15.9. The fraction of sp³-hybridized carbons (Fsp3) is 0.733. The van der Waals surface area contributed by atoms with E-state index in [4.69, 9.17) is 0 Å². The average Bonchev–Trinajstić information content (AvgIpc) is 2.52. The lowest BCUT2D eigenvalue weighted by atomic mass is 10.3. The van der Waals surface area contributed by atoms with Crippen LogP contribution in [0.5, 0.6) is 0 Å². The zero-order valence-corrected chi connectivity index (χ0v) is 13.0. The van der Waals surface area contributed by atoms with Gasteiger partial charge in [0.05, 0.1) is 0 Å². The van der Waals surface area contributed by atoms with Crippen molar-refractivity contribution in [1.82, 2.24) is 14.9 Å². The molecule has 2 rings (SSSR count). The molecule has 112 valence electrons. The maximum Gasteiger partial charge on any atom is 0.134 e. The SMILES string of the molecule is CCCCN(C)c1cc(N2CCN(CC)CC2)ncn1. The molecule has 0 unspecified atom stereocenters. The van der Waals surface area contributed by atoms with E-state index < -0.39 is 0 Å². The predicted molar refractivity (Wildman–Crippen MR) is 84.5 cm³/mol. The van der Waals surface area contributed by atoms with Crippen molar-refractivity contribution in [2.75, 3.05) is 56.1 Å². The minimum atomic E-state index is 1.03. The summed E-state index contributed by atoms with van der Waals surface area (Å²) in [5.74, 6) is 2.09. The van der Waals surface area contributed by atoms with Gasteiger partial charge in [0.25, 0.3) is 0 Å². The molecule has 0 N–H and O–H groups in total. The van der Waals surface area contributed by atoms with Gasteiger partial charge in [-0.1, -0.05) is 20.3 Å². The Balaban J connectivity index is 1.99. The second kappa shape index (κ2) is 7.43. The lowest BCUT2D eigenvalue weighted by Gasteiger charge is -2.35. The molecule has 2 heterocycles. The molecule has 5 heteroatoms. The van der Waals surface area contributed by atoms with E-state index in [2.05, 4.69) is 51.6 Å². The fourth-order valence-corrected chi connectivity index (χ4v) is 2.52. The Kier molecular flexibility index (Phi) is 5.59. The van der Waals surface area contributed by atoms with E-state index in [1.165, 1.54) is 12.8 Å². The third-order valence-corrected chi connectivity index (χ3v) is 4.02. The highest BCUT2D eigenvalue weighted by atomic mass is 15.3. The Morgan fingerprint density at radius 3 is 2.55 bits per heavy atom. The molecular formula is C15H27N5. The van der Waals surface area contributed by atoms with Gasteiger partial charge < -0.3 is 14.7 Å². The van der Waals surface area contributed by atoms with Crippen molar-refractivity contribution in [2.24, 2.45) is 0 Å². The van der Waals surface area contributed by atoms with Crippen LogP contribution in [0.25, 0.3) is 0 Å². The van der Waals surface area contributed by atoms with E-state index in [0.29, 0.717) is 0 Å². The highest BCUT2D eigenvalue weighted by Gasteiger charge is 2.17. The molecule has 1 saturated heterocycles. The van der Waals surface area contributed by atoms with Crippen molar-refractivity contribution >= 4 is 11.6 Å². The molecular weight excluding hydrogens is 250 g/mol. The second-order valence-electron chi connectivity index (χ2n) is 5.43. The lowest BCUT2D eigenvalue weighted by molar-refractivity contribution is 0.270. The van der Waals surface area contributed by atoms with Gasteiger partial charge in [0, 0.05) is 45.8 Å². The molecule has 20 heavy (non-hydrogen) atoms. The van der Waals surface area contributed by atoms with E-state index in [1.807, 2.05) is 0 Å². The number of aromatic nitrogens is 2. The van der Waals surface area contributed by atoms with Gasteiger partial charge in [-0.3, -0.25) is 0 Å². The molecule has 5 nitrogen and oxygen atoms in total. The average molecular weight is 277 g/mol. The zero-order chi connectivity index (χ0) is 14.4. The van der Waals surface area contributed by atoms with Gasteiger partial charge in [0.2, 0.25) is 0 Å². The number of likely N-dealkylation sites (N-methyl/N-ethyl adjacent to an activating group) is 1. The highest BCUT2D eigenvalue weighted by molar-refractivity contribution is 5.49. The summed E-state index contributed by atoms with van der Waals surface area (Å²) in [5, 5.41) is 0. The molecule has 1 aromatic heterocycles. The first-order chi connectivity index (χ1) is 9.74. The van der Waals surface area contributed by atoms with E-state index in [-0.39, 0.29) is 0 Å². The Morgan fingerprint density at radius 1 is 1.15 bits per heavy atom. The smallest absolute Gasteiger partial charge is 0.134 e. The molecule has 0 radical (unpaired) electrons. The van der Waals surface area contributed by atoms with E-state index >= 15 is 0 Å². The standard InChI is InChI=1S/C15H27N5/c1-4-6-7-18(3)14-12-15(17-13-16-14)20-10-8-19(5-2)9-11-20/h12-13H,4-11H2,1-3H3. The van der Waals surface area contributed by atoms with Crippen LogP contribution >= 0.6 is 0 Å². The van der Waals surface area contributed by atoms with Crippen LogP contribution in [0.4, 0.5) is 11.6 Å². The molecule has 0 atom stereocenters. The second-order valence-corrected chi connectivity index (χ2v) is 5.43. The molecule has 0 amide bonds. The third kappa shape index (κ3) is 3.82. The first-order valence-electron chi connectivity index (χ1n) is 7.75. The first-order valence-corrected chi connectivity index (χ1v) is 7.75. The number of hydrogen-bond donors (Lipinski definition) is 0. The number of piperazine rings is 1. The van der Waals surface area contributed by atoms with Gasteiger partial charge in [-0.15, -0.1) is 0 Å². The van der Waals surface area contributed by atoms with Crippen LogP contribution in [0.15, 0.2) is 12.4 Å². The van der Waals surface area contributed by atoms with Crippen LogP contribution in [-0.2, 0) is 0 Å². The molecule has 0 aromatic carbocycles. The summed E-state index contributed by atoms with van der Waals surface area (Å²) in [6, 6.07) is 2.12. The Hall–Kier alpha value is -1.36. The number of anilines is 2. The quantitative estimate of drug-likeness (QED) is 0.793. The number of unbranched alkanes of at least 4 members (excludes halogenated alkanes) is 1. The van der Waals surface area contributed by atoms with E-state index in [9.17, 15) is 0 Å². The normalized spacial score (nSPS) is 16.4. The van der Waals surface area contributed by atoms with E-state index in [1.54, 1.807) is 6.33 Å². The van der Waals surface area contributed by atoms with Gasteiger partial charge in [0.15, 0.2) is 0 Å². The van der Waals surface area contributed by atoms with Crippen LogP contribution in [-0.4, -0.2) is 61.2 Å². The summed E-state index contributed by atoms with van der Waals surface area (Å²) in [6.45, 7) is 11.0. The molecule has 1 aliphatic heterocycles. The summed E-state index contributed by atoms with van der Waals surface area (Å²) in [5.41, 5.74) is 0. The Morgan fingerprint density at radius 2 is 1.90 bits per heavy atom. The molecule has 1 fully saturated rings. The molecule has 0 bridgehead atoms. The van der Waals surface area contributed by atoms with Gasteiger partial charge >= 0.3 is 0 Å². The van der Waals surface area contributed by atoms with Crippen molar-refractivity contribution in [3.8, 4) is 0 Å². The van der Waals surface area contributed by atoms with E-state index in [0.717, 1.165) is 50.9 Å². The third-order valence-electron chi connectivity index (χ3n) is 4.02. The van der Waals surface area contributed by atoms with Crippen LogP contribution in [0.2, 0.25) is 0 Å². The topological polar surface area (TPSA) is 35.5 Å². The minimum absolute atomic E-state index is 1.03. The summed E-state index contributed by atoms with van der Waals surface area (Å²) in [6.07, 6.45) is 4.10. The fourth-order valence-electron chi connectivity index (χ4n) is 2.52. The number of nitrogens with zero attached hydrogens (tertiary/aromatic N) is 5. The molecule has 0 saturated carbocycles. The summed E-state index contributed by atoms with van der Waals surface area (Å²) >= 11 is 0. The summed E-state index contributed by atoms with van der Waals surface area (Å²) in [7, 11) is 2.11. The van der Waals surface area contributed by atoms with Crippen LogP contribution in [0, 0.1) is 0 Å². The monoisotopic (exact) mass is 277 g/mol. The molecule has 1 aromatic rings. The van der Waals surface area contributed by atoms with Crippen molar-refractivity contribution in [3.63, 3.8) is 0 Å². The van der Waals surface area contributed by atoms with Gasteiger partial charge in [0.1, 0.15) is 18.0 Å². The molecule has 0 aliphatic carbocycles. The van der Waals surface area contributed by atoms with Gasteiger partial charge in [-0.25, -0.2) is 9.97 Å². The molecule has 0 spiro atoms. The first kappa shape index (κ1) is 15.0. The van der Waals surface area contributed by atoms with Crippen LogP contribution < -0.4 is 9.80 Å². The lowest BCUT2D eigenvalue weighted by Crippen LogP contribution is -2.46. The maximum atomic E-state index is 4.45. The minimum Gasteiger partial charge on any atom is -0.360 e. The number of rotatable bonds is 6. The highest BCUT2D eigenvalue weighted by Crippen LogP contribution is 2.18. The van der Waals surface area contributed by atoms with Crippen LogP contribution in [0.1, 0.15) is 26.7 Å². The molecule has 1 aliphatic rings. The van der Waals surface area contributed by atoms with Gasteiger partial charge in [-0.2, -0.15) is 0 Å². The zero-order valence-electron chi connectivity index (χ0n) is 13.0. The predicted octanol–water partition coefficient (Wildman–Crippen LogP) is 1.85. The van der Waals surface area contributed by atoms with Crippen molar-refractivity contribution in [1.29, 1.82) is 0 Å². The summed E-state index contributed by atoms with van der Waals surface area (Å²) < 4.78 is 0. The van der Waals surface area contributed by atoms with Crippen molar-refractivity contribution in [3.05, 3.63) is 12.4 Å². The van der Waals surface area contributed by atoms with Crippen molar-refractivity contribution < 1.29 is 0 Å². The number of hydrogen-bond acceptors (Lipinski definition) is 5.